The van der Waals surface area contributed by atoms with E-state index in [0.29, 0.717) is 11.7 Å². The second-order valence-electron chi connectivity index (χ2n) is 5.08. The highest BCUT2D eigenvalue weighted by atomic mass is 32.1. The van der Waals surface area contributed by atoms with Crippen molar-refractivity contribution in [3.8, 4) is 0 Å². The number of nitrogens with zero attached hydrogens (tertiary/aromatic N) is 2. The van der Waals surface area contributed by atoms with Gasteiger partial charge >= 0.3 is 0 Å². The molecule has 0 aliphatic carbocycles. The second kappa shape index (κ2) is 8.79. The van der Waals surface area contributed by atoms with E-state index in [1.807, 2.05) is 37.3 Å². The van der Waals surface area contributed by atoms with Gasteiger partial charge in [-0.05, 0) is 18.6 Å². The van der Waals surface area contributed by atoms with Gasteiger partial charge in [-0.2, -0.15) is 0 Å². The summed E-state index contributed by atoms with van der Waals surface area (Å²) in [7, 11) is 0. The van der Waals surface area contributed by atoms with E-state index in [0.717, 1.165) is 10.4 Å². The van der Waals surface area contributed by atoms with Crippen molar-refractivity contribution >= 4 is 34.4 Å². The SMILES string of the molecule is C=CCN(CC(=O)Nc1ncc(C)s1)C(=O)C=Cc1ccccc1. The van der Waals surface area contributed by atoms with Gasteiger partial charge in [0.2, 0.25) is 11.8 Å². The Kier molecular flexibility index (Phi) is 6.45. The number of nitrogens with one attached hydrogen (secondary N) is 1. The molecule has 1 N–H and O–H groups in total. The second-order valence-corrected chi connectivity index (χ2v) is 6.31. The molecule has 0 unspecified atom stereocenters. The Hall–Kier alpha value is -2.73. The van der Waals surface area contributed by atoms with Gasteiger partial charge in [-0.1, -0.05) is 36.4 Å². The zero-order chi connectivity index (χ0) is 17.4. The van der Waals surface area contributed by atoms with Gasteiger partial charge in [-0.3, -0.25) is 9.59 Å². The van der Waals surface area contributed by atoms with Crippen molar-refractivity contribution in [1.82, 2.24) is 9.88 Å². The molecule has 0 aliphatic rings. The molecule has 0 saturated carbocycles. The molecule has 2 amide bonds. The van der Waals surface area contributed by atoms with E-state index >= 15 is 0 Å². The third-order valence-electron chi connectivity index (χ3n) is 3.08. The highest BCUT2D eigenvalue weighted by molar-refractivity contribution is 7.15. The number of rotatable bonds is 7. The number of thiazole rings is 1. The molecule has 0 bridgehead atoms. The van der Waals surface area contributed by atoms with Gasteiger partial charge in [0.25, 0.3) is 0 Å². The van der Waals surface area contributed by atoms with Crippen molar-refractivity contribution in [3.05, 3.63) is 65.7 Å². The van der Waals surface area contributed by atoms with Crippen molar-refractivity contribution in [2.45, 2.75) is 6.92 Å². The Morgan fingerprint density at radius 3 is 2.71 bits per heavy atom. The van der Waals surface area contributed by atoms with Crippen LogP contribution in [0, 0.1) is 6.92 Å². The molecule has 0 atom stereocenters. The van der Waals surface area contributed by atoms with E-state index in [1.165, 1.54) is 22.3 Å². The summed E-state index contributed by atoms with van der Waals surface area (Å²) < 4.78 is 0. The number of carbonyl (C=O) groups excluding carboxylic acids is 2. The number of aryl methyl sites for hydroxylation is 1. The van der Waals surface area contributed by atoms with Crippen molar-refractivity contribution < 1.29 is 9.59 Å². The fraction of sp³-hybridized carbons (Fsp3) is 0.167. The lowest BCUT2D eigenvalue weighted by Crippen LogP contribution is -2.37. The van der Waals surface area contributed by atoms with Gasteiger partial charge in [0, 0.05) is 23.7 Å². The van der Waals surface area contributed by atoms with Gasteiger partial charge in [0.05, 0.1) is 0 Å². The van der Waals surface area contributed by atoms with Crippen molar-refractivity contribution in [3.63, 3.8) is 0 Å². The van der Waals surface area contributed by atoms with Gasteiger partial charge < -0.3 is 10.2 Å². The molecule has 24 heavy (non-hydrogen) atoms. The van der Waals surface area contributed by atoms with Crippen LogP contribution in [0.4, 0.5) is 5.13 Å². The van der Waals surface area contributed by atoms with Crippen LogP contribution in [-0.4, -0.2) is 34.8 Å². The first-order valence-corrected chi connectivity index (χ1v) is 8.25. The van der Waals surface area contributed by atoms with E-state index < -0.39 is 0 Å². The fourth-order valence-electron chi connectivity index (χ4n) is 1.97. The minimum absolute atomic E-state index is 0.0530. The maximum absolute atomic E-state index is 12.3. The molecule has 1 aromatic heterocycles. The molecule has 0 saturated heterocycles. The summed E-state index contributed by atoms with van der Waals surface area (Å²) in [4.78, 5) is 30.9. The van der Waals surface area contributed by atoms with Crippen LogP contribution < -0.4 is 5.32 Å². The Balaban J connectivity index is 1.97. The first-order chi connectivity index (χ1) is 11.6. The van der Waals surface area contributed by atoms with Crippen LogP contribution in [0.1, 0.15) is 10.4 Å². The molecule has 0 radical (unpaired) electrons. The van der Waals surface area contributed by atoms with Gasteiger partial charge in [-0.25, -0.2) is 4.98 Å². The maximum Gasteiger partial charge on any atom is 0.247 e. The van der Waals surface area contributed by atoms with E-state index in [2.05, 4.69) is 16.9 Å². The molecule has 1 aromatic carbocycles. The number of amides is 2. The van der Waals surface area contributed by atoms with Crippen molar-refractivity contribution in [1.29, 1.82) is 0 Å². The number of benzene rings is 1. The topological polar surface area (TPSA) is 62.3 Å². The summed E-state index contributed by atoms with van der Waals surface area (Å²) in [6, 6.07) is 9.51. The Labute approximate surface area is 145 Å². The summed E-state index contributed by atoms with van der Waals surface area (Å²) in [6.07, 6.45) is 6.46. The molecule has 124 valence electrons. The van der Waals surface area contributed by atoms with E-state index in [-0.39, 0.29) is 18.4 Å². The number of anilines is 1. The van der Waals surface area contributed by atoms with Crippen LogP contribution in [0.3, 0.4) is 0 Å². The standard InChI is InChI=1S/C18H19N3O2S/c1-3-11-21(13-16(22)20-18-19-12-14(2)24-18)17(23)10-9-15-7-5-4-6-8-15/h3-10,12H,1,11,13H2,2H3,(H,19,20,22). The van der Waals surface area contributed by atoms with Gasteiger partial charge in [-0.15, -0.1) is 17.9 Å². The summed E-state index contributed by atoms with van der Waals surface area (Å²) in [5, 5.41) is 3.23. The zero-order valence-corrected chi connectivity index (χ0v) is 14.3. The highest BCUT2D eigenvalue weighted by Gasteiger charge is 2.14. The molecule has 2 aromatic rings. The van der Waals surface area contributed by atoms with E-state index in [4.69, 9.17) is 0 Å². The summed E-state index contributed by atoms with van der Waals surface area (Å²) in [5.41, 5.74) is 0.923. The molecule has 0 aliphatic heterocycles. The molecule has 5 nitrogen and oxygen atoms in total. The maximum atomic E-state index is 12.3. The average Bonchev–Trinajstić information content (AvgIpc) is 2.98. The monoisotopic (exact) mass is 341 g/mol. The molecule has 0 spiro atoms. The lowest BCUT2D eigenvalue weighted by Gasteiger charge is -2.18. The summed E-state index contributed by atoms with van der Waals surface area (Å²) >= 11 is 1.39. The third kappa shape index (κ3) is 5.48. The molecular weight excluding hydrogens is 322 g/mol. The minimum Gasteiger partial charge on any atom is -0.326 e. The average molecular weight is 341 g/mol. The largest absolute Gasteiger partial charge is 0.326 e. The van der Waals surface area contributed by atoms with Crippen molar-refractivity contribution in [2.75, 3.05) is 18.4 Å². The van der Waals surface area contributed by atoms with Crippen molar-refractivity contribution in [2.24, 2.45) is 0 Å². The van der Waals surface area contributed by atoms with E-state index in [1.54, 1.807) is 18.3 Å². The molecule has 1 heterocycles. The normalized spacial score (nSPS) is 10.5. The number of hydrogen-bond donors (Lipinski definition) is 1. The predicted octanol–water partition coefficient (Wildman–Crippen LogP) is 3.12. The smallest absolute Gasteiger partial charge is 0.247 e. The molecule has 6 heteroatoms. The zero-order valence-electron chi connectivity index (χ0n) is 13.4. The minimum atomic E-state index is -0.285. The lowest BCUT2D eigenvalue weighted by atomic mass is 10.2. The number of aromatic nitrogens is 1. The Morgan fingerprint density at radius 1 is 1.33 bits per heavy atom. The van der Waals surface area contributed by atoms with Crippen LogP contribution >= 0.6 is 11.3 Å². The number of hydrogen-bond acceptors (Lipinski definition) is 4. The molecule has 0 fully saturated rings. The first-order valence-electron chi connectivity index (χ1n) is 7.43. The third-order valence-corrected chi connectivity index (χ3v) is 3.91. The Bertz CT molecular complexity index is 738. The first kappa shape index (κ1) is 17.6. The number of carbonyl (C=O) groups is 2. The van der Waals surface area contributed by atoms with Crippen LogP contribution in [0.5, 0.6) is 0 Å². The van der Waals surface area contributed by atoms with E-state index in [9.17, 15) is 9.59 Å². The quantitative estimate of drug-likeness (QED) is 0.622. The van der Waals surface area contributed by atoms with Crippen LogP contribution in [0.25, 0.3) is 6.08 Å². The fourth-order valence-corrected chi connectivity index (χ4v) is 2.65. The van der Waals surface area contributed by atoms with Gasteiger partial charge in [0.15, 0.2) is 5.13 Å². The van der Waals surface area contributed by atoms with Crippen LogP contribution in [0.2, 0.25) is 0 Å². The molecule has 2 rings (SSSR count). The highest BCUT2D eigenvalue weighted by Crippen LogP contribution is 2.16. The lowest BCUT2D eigenvalue weighted by molar-refractivity contribution is -0.129. The van der Waals surface area contributed by atoms with Crippen LogP contribution in [0.15, 0.2) is 55.3 Å². The van der Waals surface area contributed by atoms with Gasteiger partial charge in [0.1, 0.15) is 6.54 Å². The summed E-state index contributed by atoms with van der Waals surface area (Å²) in [5.74, 6) is -0.531. The predicted molar refractivity (Wildman–Crippen MR) is 97.7 cm³/mol. The van der Waals surface area contributed by atoms with Crippen LogP contribution in [-0.2, 0) is 9.59 Å². The molecular formula is C18H19N3O2S. The summed E-state index contributed by atoms with van der Waals surface area (Å²) in [6.45, 7) is 5.79. The Morgan fingerprint density at radius 2 is 2.08 bits per heavy atom.